The maximum absolute atomic E-state index is 12.1. The summed E-state index contributed by atoms with van der Waals surface area (Å²) in [5, 5.41) is 9.18. The first-order chi connectivity index (χ1) is 6.83. The van der Waals surface area contributed by atoms with Gasteiger partial charge in [-0.15, -0.1) is 0 Å². The number of hydrogen-bond acceptors (Lipinski definition) is 2. The van der Waals surface area contributed by atoms with Gasteiger partial charge >= 0.3 is 11.9 Å². The molecule has 4 nitrogen and oxygen atoms in total. The third-order valence-corrected chi connectivity index (χ3v) is 2.11. The Bertz CT molecular complexity index is 380. The van der Waals surface area contributed by atoms with Crippen molar-refractivity contribution < 1.29 is 18.3 Å². The molecule has 0 aliphatic heterocycles. The molecule has 0 aliphatic carbocycles. The third-order valence-electron chi connectivity index (χ3n) is 2.11. The van der Waals surface area contributed by atoms with Gasteiger partial charge in [0.25, 0.3) is 0 Å². The van der Waals surface area contributed by atoms with E-state index in [1.807, 2.05) is 4.98 Å². The molecular weight excluding hydrogens is 213 g/mol. The zero-order valence-electron chi connectivity index (χ0n) is 7.98. The molecule has 0 radical (unpaired) electrons. The maximum Gasteiger partial charge on any atom is 0.389 e. The van der Waals surface area contributed by atoms with Gasteiger partial charge in [0.1, 0.15) is 0 Å². The average Bonchev–Trinajstić information content (AvgIpc) is 2.39. The van der Waals surface area contributed by atoms with Crippen LogP contribution < -0.4 is 5.69 Å². The molecule has 0 aromatic carbocycles. The van der Waals surface area contributed by atoms with E-state index in [0.29, 0.717) is 0 Å². The number of aromatic amines is 2. The van der Waals surface area contributed by atoms with Crippen molar-refractivity contribution in [2.45, 2.75) is 31.9 Å². The molecule has 86 valence electrons. The summed E-state index contributed by atoms with van der Waals surface area (Å²) < 4.78 is 36.4. The summed E-state index contributed by atoms with van der Waals surface area (Å²) >= 11 is 0. The van der Waals surface area contributed by atoms with Crippen molar-refractivity contribution in [2.75, 3.05) is 0 Å². The second kappa shape index (κ2) is 4.00. The van der Waals surface area contributed by atoms with Crippen LogP contribution in [-0.2, 0) is 0 Å². The molecule has 0 aliphatic rings. The molecular formula is C8H11F3N2O2. The minimum absolute atomic E-state index is 0.0835. The number of H-pyrrole nitrogens is 2. The fourth-order valence-corrected chi connectivity index (χ4v) is 1.41. The molecule has 1 unspecified atom stereocenters. The van der Waals surface area contributed by atoms with Crippen LogP contribution in [0.25, 0.3) is 0 Å². The van der Waals surface area contributed by atoms with E-state index in [-0.39, 0.29) is 12.1 Å². The zero-order valence-corrected chi connectivity index (χ0v) is 7.98. The summed E-state index contributed by atoms with van der Waals surface area (Å²) in [6, 6.07) is 0. The second-order valence-corrected chi connectivity index (χ2v) is 3.27. The summed E-state index contributed by atoms with van der Waals surface area (Å²) in [5.41, 5.74) is -0.789. The molecule has 0 spiro atoms. The molecule has 0 amide bonds. The van der Waals surface area contributed by atoms with Gasteiger partial charge in [-0.1, -0.05) is 6.92 Å². The quantitative estimate of drug-likeness (QED) is 0.733. The van der Waals surface area contributed by atoms with E-state index >= 15 is 0 Å². The van der Waals surface area contributed by atoms with Crippen LogP contribution >= 0.6 is 0 Å². The summed E-state index contributed by atoms with van der Waals surface area (Å²) in [5.74, 6) is -1.44. The minimum Gasteiger partial charge on any atom is -0.493 e. The molecule has 0 saturated carbocycles. The van der Waals surface area contributed by atoms with Crippen LogP contribution in [0.2, 0.25) is 0 Å². The van der Waals surface area contributed by atoms with Crippen molar-refractivity contribution in [2.24, 2.45) is 0 Å². The fraction of sp³-hybridized carbons (Fsp3) is 0.625. The minimum atomic E-state index is -4.32. The lowest BCUT2D eigenvalue weighted by Crippen LogP contribution is -2.14. The third kappa shape index (κ3) is 3.03. The lowest BCUT2D eigenvalue weighted by atomic mass is 9.98. The number of aromatic nitrogens is 2. The first-order valence-electron chi connectivity index (χ1n) is 4.41. The highest BCUT2D eigenvalue weighted by atomic mass is 19.4. The molecule has 0 bridgehead atoms. The van der Waals surface area contributed by atoms with Gasteiger partial charge < -0.3 is 10.1 Å². The van der Waals surface area contributed by atoms with Crippen LogP contribution in [-0.4, -0.2) is 21.3 Å². The Morgan fingerprint density at radius 2 is 2.00 bits per heavy atom. The highest BCUT2D eigenvalue weighted by molar-refractivity contribution is 5.20. The molecule has 1 heterocycles. The van der Waals surface area contributed by atoms with Gasteiger partial charge in [-0.05, 0) is 6.42 Å². The molecule has 1 atom stereocenters. The van der Waals surface area contributed by atoms with Gasteiger partial charge in [0, 0.05) is 5.92 Å². The number of alkyl halides is 3. The number of rotatable bonds is 3. The standard InChI is InChI=1S/C8H11F3N2O2/c1-2-4(3-8(9,10)11)5-6(14)13-7(15)12-5/h4,14H,2-3H2,1H3,(H2,12,13,15). The zero-order chi connectivity index (χ0) is 11.6. The molecule has 0 fully saturated rings. The van der Waals surface area contributed by atoms with Crippen molar-refractivity contribution in [1.82, 2.24) is 9.97 Å². The number of nitrogens with one attached hydrogen (secondary N) is 2. The van der Waals surface area contributed by atoms with Gasteiger partial charge in [-0.3, -0.25) is 4.98 Å². The van der Waals surface area contributed by atoms with Crippen LogP contribution in [0.15, 0.2) is 4.79 Å². The van der Waals surface area contributed by atoms with E-state index in [2.05, 4.69) is 4.98 Å². The molecule has 1 rings (SSSR count). The van der Waals surface area contributed by atoms with Crippen LogP contribution in [0.1, 0.15) is 31.4 Å². The SMILES string of the molecule is CCC(CC(F)(F)F)c1[nH]c(=O)[nH]c1O. The predicted octanol–water partition coefficient (Wildman–Crippen LogP) is 1.85. The predicted molar refractivity (Wildman–Crippen MR) is 46.8 cm³/mol. The smallest absolute Gasteiger partial charge is 0.389 e. The van der Waals surface area contributed by atoms with Crippen molar-refractivity contribution in [3.63, 3.8) is 0 Å². The highest BCUT2D eigenvalue weighted by Crippen LogP contribution is 2.34. The maximum atomic E-state index is 12.1. The first kappa shape index (κ1) is 11.7. The van der Waals surface area contributed by atoms with Crippen molar-refractivity contribution in [3.8, 4) is 5.88 Å². The lowest BCUT2D eigenvalue weighted by molar-refractivity contribution is -0.139. The number of halogens is 3. The van der Waals surface area contributed by atoms with E-state index in [0.717, 1.165) is 0 Å². The summed E-state index contributed by atoms with van der Waals surface area (Å²) in [7, 11) is 0. The average molecular weight is 224 g/mol. The largest absolute Gasteiger partial charge is 0.493 e. The Labute approximate surface area is 83.1 Å². The number of hydrogen-bond donors (Lipinski definition) is 3. The van der Waals surface area contributed by atoms with E-state index in [1.165, 1.54) is 0 Å². The van der Waals surface area contributed by atoms with Gasteiger partial charge in [-0.2, -0.15) is 13.2 Å². The Hall–Kier alpha value is -1.40. The molecule has 15 heavy (non-hydrogen) atoms. The van der Waals surface area contributed by atoms with Crippen LogP contribution in [0.4, 0.5) is 13.2 Å². The van der Waals surface area contributed by atoms with E-state index < -0.39 is 30.1 Å². The lowest BCUT2D eigenvalue weighted by Gasteiger charge is -2.15. The topological polar surface area (TPSA) is 68.9 Å². The molecule has 1 aromatic heterocycles. The van der Waals surface area contributed by atoms with Gasteiger partial charge in [0.05, 0.1) is 12.1 Å². The van der Waals surface area contributed by atoms with Crippen molar-refractivity contribution in [3.05, 3.63) is 16.2 Å². The van der Waals surface area contributed by atoms with Crippen molar-refractivity contribution >= 4 is 0 Å². The molecule has 1 aromatic rings. The van der Waals surface area contributed by atoms with Crippen molar-refractivity contribution in [1.29, 1.82) is 0 Å². The van der Waals surface area contributed by atoms with Gasteiger partial charge in [-0.25, -0.2) is 4.79 Å². The molecule has 7 heteroatoms. The van der Waals surface area contributed by atoms with Gasteiger partial charge in [0.2, 0.25) is 5.88 Å². The number of aromatic hydroxyl groups is 1. The van der Waals surface area contributed by atoms with E-state index in [1.54, 1.807) is 6.92 Å². The Morgan fingerprint density at radius 3 is 2.33 bits per heavy atom. The van der Waals surface area contributed by atoms with Crippen LogP contribution in [0, 0.1) is 0 Å². The van der Waals surface area contributed by atoms with E-state index in [4.69, 9.17) is 0 Å². The second-order valence-electron chi connectivity index (χ2n) is 3.27. The van der Waals surface area contributed by atoms with Gasteiger partial charge in [0.15, 0.2) is 0 Å². The Kier molecular flexibility index (Phi) is 3.11. The summed E-state index contributed by atoms with van der Waals surface area (Å²) in [6.07, 6.45) is -5.20. The molecule has 3 N–H and O–H groups in total. The van der Waals surface area contributed by atoms with Crippen LogP contribution in [0.5, 0.6) is 5.88 Å². The normalized spacial score (nSPS) is 14.1. The summed E-state index contributed by atoms with van der Waals surface area (Å²) in [6.45, 7) is 1.56. The fourth-order valence-electron chi connectivity index (χ4n) is 1.41. The summed E-state index contributed by atoms with van der Waals surface area (Å²) in [4.78, 5) is 14.9. The first-order valence-corrected chi connectivity index (χ1v) is 4.41. The Balaban J connectivity index is 2.93. The monoisotopic (exact) mass is 224 g/mol. The Morgan fingerprint density at radius 1 is 1.40 bits per heavy atom. The van der Waals surface area contributed by atoms with Crippen LogP contribution in [0.3, 0.4) is 0 Å². The number of imidazole rings is 1. The van der Waals surface area contributed by atoms with E-state index in [9.17, 15) is 23.1 Å². The molecule has 0 saturated heterocycles. The highest BCUT2D eigenvalue weighted by Gasteiger charge is 2.33.